The van der Waals surface area contributed by atoms with E-state index in [-0.39, 0.29) is 11.6 Å². The Kier molecular flexibility index (Phi) is 3.65. The molecule has 0 aliphatic carbocycles. The second kappa shape index (κ2) is 5.98. The SMILES string of the molecule is CN(C(=O)c1cc2ccccc2c2cccnc12)c1ccccc1F. The van der Waals surface area contributed by atoms with Gasteiger partial charge in [0, 0.05) is 18.6 Å². The number of amides is 1. The number of carbonyl (C=O) groups excluding carboxylic acids is 1. The Balaban J connectivity index is 1.93. The molecule has 25 heavy (non-hydrogen) atoms. The summed E-state index contributed by atoms with van der Waals surface area (Å²) in [6.07, 6.45) is 1.66. The third kappa shape index (κ3) is 2.52. The molecule has 122 valence electrons. The maximum Gasteiger partial charge on any atom is 0.260 e. The quantitative estimate of drug-likeness (QED) is 0.494. The van der Waals surface area contributed by atoms with E-state index in [2.05, 4.69) is 4.98 Å². The smallest absolute Gasteiger partial charge is 0.260 e. The number of hydrogen-bond donors (Lipinski definition) is 0. The lowest BCUT2D eigenvalue weighted by Gasteiger charge is -2.19. The molecule has 1 heterocycles. The van der Waals surface area contributed by atoms with Gasteiger partial charge in [0.1, 0.15) is 5.82 Å². The van der Waals surface area contributed by atoms with Crippen LogP contribution < -0.4 is 4.90 Å². The number of halogens is 1. The number of hydrogen-bond acceptors (Lipinski definition) is 2. The number of anilines is 1. The van der Waals surface area contributed by atoms with Crippen LogP contribution in [0.3, 0.4) is 0 Å². The van der Waals surface area contributed by atoms with Gasteiger partial charge in [-0.15, -0.1) is 0 Å². The van der Waals surface area contributed by atoms with Gasteiger partial charge in [-0.3, -0.25) is 9.78 Å². The molecule has 3 nitrogen and oxygen atoms in total. The molecule has 0 fully saturated rings. The summed E-state index contributed by atoms with van der Waals surface area (Å²) in [6, 6.07) is 19.7. The van der Waals surface area contributed by atoms with E-state index in [1.807, 2.05) is 42.5 Å². The molecule has 4 heteroatoms. The monoisotopic (exact) mass is 330 g/mol. The van der Waals surface area contributed by atoms with Crippen LogP contribution in [0, 0.1) is 5.82 Å². The highest BCUT2D eigenvalue weighted by Crippen LogP contribution is 2.29. The van der Waals surface area contributed by atoms with Crippen molar-refractivity contribution in [3.63, 3.8) is 0 Å². The molecule has 0 saturated carbocycles. The molecule has 0 saturated heterocycles. The number of rotatable bonds is 2. The first-order valence-corrected chi connectivity index (χ1v) is 7.96. The van der Waals surface area contributed by atoms with Gasteiger partial charge in [-0.2, -0.15) is 0 Å². The van der Waals surface area contributed by atoms with Crippen molar-refractivity contribution in [2.45, 2.75) is 0 Å². The third-order valence-electron chi connectivity index (χ3n) is 4.36. The molecule has 1 amide bonds. The van der Waals surface area contributed by atoms with Gasteiger partial charge in [0.2, 0.25) is 0 Å². The van der Waals surface area contributed by atoms with E-state index in [9.17, 15) is 9.18 Å². The first-order valence-electron chi connectivity index (χ1n) is 7.96. The highest BCUT2D eigenvalue weighted by Gasteiger charge is 2.20. The summed E-state index contributed by atoms with van der Waals surface area (Å²) in [6.45, 7) is 0. The van der Waals surface area contributed by atoms with Crippen molar-refractivity contribution in [1.29, 1.82) is 0 Å². The van der Waals surface area contributed by atoms with E-state index in [0.717, 1.165) is 16.2 Å². The van der Waals surface area contributed by atoms with Crippen LogP contribution in [0.1, 0.15) is 10.4 Å². The zero-order chi connectivity index (χ0) is 17.4. The molecular formula is C21H15FN2O. The zero-order valence-corrected chi connectivity index (χ0v) is 13.6. The van der Waals surface area contributed by atoms with Crippen LogP contribution in [0.4, 0.5) is 10.1 Å². The summed E-state index contributed by atoms with van der Waals surface area (Å²) >= 11 is 0. The fraction of sp³-hybridized carbons (Fsp3) is 0.0476. The molecule has 0 aliphatic heterocycles. The molecule has 0 aliphatic rings. The zero-order valence-electron chi connectivity index (χ0n) is 13.6. The summed E-state index contributed by atoms with van der Waals surface area (Å²) in [7, 11) is 1.57. The van der Waals surface area contributed by atoms with Gasteiger partial charge in [-0.25, -0.2) is 4.39 Å². The Morgan fingerprint density at radius 2 is 1.68 bits per heavy atom. The van der Waals surface area contributed by atoms with Crippen LogP contribution in [-0.2, 0) is 0 Å². The highest BCUT2D eigenvalue weighted by atomic mass is 19.1. The molecule has 1 aromatic heterocycles. The number of para-hydroxylation sites is 1. The van der Waals surface area contributed by atoms with E-state index in [4.69, 9.17) is 0 Å². The third-order valence-corrected chi connectivity index (χ3v) is 4.36. The van der Waals surface area contributed by atoms with Gasteiger partial charge in [-0.1, -0.05) is 42.5 Å². The summed E-state index contributed by atoms with van der Waals surface area (Å²) in [5.41, 5.74) is 1.32. The predicted octanol–water partition coefficient (Wildman–Crippen LogP) is 4.80. The van der Waals surface area contributed by atoms with Gasteiger partial charge in [-0.05, 0) is 35.0 Å². The number of pyridine rings is 1. The first-order chi connectivity index (χ1) is 12.2. The topological polar surface area (TPSA) is 33.2 Å². The minimum atomic E-state index is -0.434. The van der Waals surface area contributed by atoms with Gasteiger partial charge < -0.3 is 4.90 Å². The summed E-state index contributed by atoms with van der Waals surface area (Å²) in [5.74, 6) is -0.726. The van der Waals surface area contributed by atoms with Gasteiger partial charge >= 0.3 is 0 Å². The number of nitrogens with zero attached hydrogens (tertiary/aromatic N) is 2. The van der Waals surface area contributed by atoms with Crippen LogP contribution in [0.25, 0.3) is 21.7 Å². The molecule has 0 atom stereocenters. The molecule has 0 spiro atoms. The van der Waals surface area contributed by atoms with Crippen molar-refractivity contribution >= 4 is 33.3 Å². The van der Waals surface area contributed by atoms with Crippen LogP contribution in [0.15, 0.2) is 72.9 Å². The van der Waals surface area contributed by atoms with E-state index >= 15 is 0 Å². The fourth-order valence-electron chi connectivity index (χ4n) is 3.11. The molecule has 0 radical (unpaired) electrons. The van der Waals surface area contributed by atoms with Gasteiger partial charge in [0.15, 0.2) is 0 Å². The largest absolute Gasteiger partial charge is 0.309 e. The predicted molar refractivity (Wildman–Crippen MR) is 98.4 cm³/mol. The van der Waals surface area contributed by atoms with Crippen molar-refractivity contribution in [1.82, 2.24) is 4.98 Å². The minimum absolute atomic E-state index is 0.240. The summed E-state index contributed by atoms with van der Waals surface area (Å²) in [4.78, 5) is 18.8. The molecule has 4 rings (SSSR count). The molecule has 3 aromatic carbocycles. The summed E-state index contributed by atoms with van der Waals surface area (Å²) in [5, 5.41) is 2.90. The Hall–Kier alpha value is -3.27. The Morgan fingerprint density at radius 3 is 2.52 bits per heavy atom. The maximum atomic E-state index is 14.1. The van der Waals surface area contributed by atoms with Gasteiger partial charge in [0.05, 0.1) is 16.8 Å². The lowest BCUT2D eigenvalue weighted by Crippen LogP contribution is -2.27. The highest BCUT2D eigenvalue weighted by molar-refractivity contribution is 6.19. The number of fused-ring (bicyclic) bond motifs is 3. The van der Waals surface area contributed by atoms with Crippen LogP contribution >= 0.6 is 0 Å². The summed E-state index contributed by atoms with van der Waals surface area (Å²) < 4.78 is 14.1. The molecule has 0 bridgehead atoms. The van der Waals surface area contributed by atoms with Crippen LogP contribution in [-0.4, -0.2) is 17.9 Å². The van der Waals surface area contributed by atoms with E-state index in [1.165, 1.54) is 11.0 Å². The van der Waals surface area contributed by atoms with Crippen molar-refractivity contribution < 1.29 is 9.18 Å². The molecule has 4 aromatic rings. The average molecular weight is 330 g/mol. The number of carbonyl (C=O) groups is 1. The Bertz CT molecular complexity index is 1110. The Labute approximate surface area is 144 Å². The second-order valence-electron chi connectivity index (χ2n) is 5.86. The van der Waals surface area contributed by atoms with Crippen molar-refractivity contribution in [3.8, 4) is 0 Å². The normalized spacial score (nSPS) is 11.0. The maximum absolute atomic E-state index is 14.1. The fourth-order valence-corrected chi connectivity index (χ4v) is 3.11. The Morgan fingerprint density at radius 1 is 0.960 bits per heavy atom. The van der Waals surface area contributed by atoms with E-state index in [0.29, 0.717) is 11.1 Å². The van der Waals surface area contributed by atoms with E-state index < -0.39 is 5.82 Å². The number of benzene rings is 3. The van der Waals surface area contributed by atoms with Gasteiger partial charge in [0.25, 0.3) is 5.91 Å². The van der Waals surface area contributed by atoms with Crippen LogP contribution in [0.5, 0.6) is 0 Å². The number of aromatic nitrogens is 1. The van der Waals surface area contributed by atoms with Crippen molar-refractivity contribution in [2.24, 2.45) is 0 Å². The molecular weight excluding hydrogens is 315 g/mol. The minimum Gasteiger partial charge on any atom is -0.309 e. The lowest BCUT2D eigenvalue weighted by atomic mass is 10.00. The van der Waals surface area contributed by atoms with Crippen LogP contribution in [0.2, 0.25) is 0 Å². The lowest BCUT2D eigenvalue weighted by molar-refractivity contribution is 0.0993. The first kappa shape index (κ1) is 15.3. The van der Waals surface area contributed by atoms with E-state index in [1.54, 1.807) is 31.4 Å². The standard InChI is InChI=1S/C21H15FN2O/c1-24(19-11-5-4-10-18(19)22)21(25)17-13-14-7-2-3-8-15(14)16-9-6-12-23-20(16)17/h2-13H,1H3. The van der Waals surface area contributed by atoms with Crippen molar-refractivity contribution in [3.05, 3.63) is 84.3 Å². The second-order valence-corrected chi connectivity index (χ2v) is 5.86. The molecule has 0 unspecified atom stereocenters. The molecule has 0 N–H and O–H groups in total. The van der Waals surface area contributed by atoms with Crippen molar-refractivity contribution in [2.75, 3.05) is 11.9 Å². The average Bonchev–Trinajstić information content (AvgIpc) is 2.66.